The third-order valence-corrected chi connectivity index (χ3v) is 4.51. The van der Waals surface area contributed by atoms with Crippen molar-refractivity contribution in [1.29, 1.82) is 0 Å². The van der Waals surface area contributed by atoms with Gasteiger partial charge >= 0.3 is 5.63 Å². The van der Waals surface area contributed by atoms with Crippen LogP contribution in [0.15, 0.2) is 51.7 Å². The lowest BCUT2D eigenvalue weighted by Gasteiger charge is -2.12. The third-order valence-electron chi connectivity index (χ3n) is 4.51. The molecule has 0 bridgehead atoms. The second-order valence-corrected chi connectivity index (χ2v) is 6.31. The molecule has 132 valence electrons. The fraction of sp³-hybridized carbons (Fsp3) is 0.238. The van der Waals surface area contributed by atoms with Gasteiger partial charge in [-0.05, 0) is 43.7 Å². The lowest BCUT2D eigenvalue weighted by molar-refractivity contribution is 0.0916. The first-order chi connectivity index (χ1) is 12.4. The van der Waals surface area contributed by atoms with E-state index in [2.05, 4.69) is 4.98 Å². The summed E-state index contributed by atoms with van der Waals surface area (Å²) in [4.78, 5) is 41.2. The van der Waals surface area contributed by atoms with Gasteiger partial charge in [0.2, 0.25) is 5.89 Å². The Morgan fingerprint density at radius 3 is 2.54 bits per heavy atom. The van der Waals surface area contributed by atoms with Crippen LogP contribution in [0.4, 0.5) is 0 Å². The molecule has 0 aliphatic heterocycles. The summed E-state index contributed by atoms with van der Waals surface area (Å²) in [7, 11) is 0. The number of rotatable bonds is 5. The molecule has 0 N–H and O–H groups in total. The number of fused-ring (bicyclic) bond motifs is 1. The summed E-state index contributed by atoms with van der Waals surface area (Å²) in [6, 6.07) is 11.7. The van der Waals surface area contributed by atoms with Gasteiger partial charge in [-0.3, -0.25) is 9.59 Å². The summed E-state index contributed by atoms with van der Waals surface area (Å²) in [5.41, 5.74) is 1.22. The number of para-hydroxylation sites is 1. The van der Waals surface area contributed by atoms with Gasteiger partial charge in [0.1, 0.15) is 0 Å². The van der Waals surface area contributed by atoms with Crippen LogP contribution in [-0.4, -0.2) is 16.6 Å². The maximum Gasteiger partial charge on any atom is 0.347 e. The number of nitrogens with zero attached hydrogens (tertiary/aromatic N) is 1. The number of Topliss-reactive ketones (excluding diaryl/α,β-unsaturated/α-hetero) is 2. The molecule has 5 nitrogen and oxygen atoms in total. The van der Waals surface area contributed by atoms with Crippen LogP contribution in [0.25, 0.3) is 22.4 Å². The number of benzene rings is 2. The molecule has 5 heteroatoms. The van der Waals surface area contributed by atoms with Gasteiger partial charge in [-0.1, -0.05) is 26.0 Å². The lowest BCUT2D eigenvalue weighted by Crippen LogP contribution is -2.14. The van der Waals surface area contributed by atoms with Gasteiger partial charge in [0.25, 0.3) is 0 Å². The van der Waals surface area contributed by atoms with E-state index in [4.69, 9.17) is 4.42 Å². The predicted molar refractivity (Wildman–Crippen MR) is 99.5 cm³/mol. The molecule has 26 heavy (non-hydrogen) atoms. The van der Waals surface area contributed by atoms with Crippen molar-refractivity contribution in [2.75, 3.05) is 0 Å². The van der Waals surface area contributed by atoms with E-state index in [9.17, 15) is 14.4 Å². The Balaban J connectivity index is 2.19. The summed E-state index contributed by atoms with van der Waals surface area (Å²) in [6.07, 6.45) is 0.670. The van der Waals surface area contributed by atoms with Gasteiger partial charge in [0, 0.05) is 22.6 Å². The van der Waals surface area contributed by atoms with E-state index in [1.54, 1.807) is 42.5 Å². The maximum absolute atomic E-state index is 12.7. The number of hydrogen-bond acceptors (Lipinski definition) is 5. The zero-order chi connectivity index (χ0) is 18.8. The van der Waals surface area contributed by atoms with Gasteiger partial charge in [-0.25, -0.2) is 9.78 Å². The summed E-state index contributed by atoms with van der Waals surface area (Å²) >= 11 is 0. The van der Waals surface area contributed by atoms with E-state index in [1.807, 2.05) is 13.8 Å². The van der Waals surface area contributed by atoms with Gasteiger partial charge < -0.3 is 4.42 Å². The molecular formula is C21H19NO4. The molecule has 1 unspecified atom stereocenters. The van der Waals surface area contributed by atoms with Crippen molar-refractivity contribution in [3.05, 3.63) is 64.0 Å². The molecule has 0 amide bonds. The molecule has 0 saturated heterocycles. The minimum atomic E-state index is -0.490. The molecule has 0 aliphatic rings. The monoisotopic (exact) mass is 349 g/mol. The highest BCUT2D eigenvalue weighted by atomic mass is 16.4. The van der Waals surface area contributed by atoms with Crippen LogP contribution in [0.3, 0.4) is 0 Å². The van der Waals surface area contributed by atoms with Crippen molar-refractivity contribution in [2.45, 2.75) is 27.2 Å². The second-order valence-electron chi connectivity index (χ2n) is 6.31. The van der Waals surface area contributed by atoms with Gasteiger partial charge in [-0.2, -0.15) is 0 Å². The Morgan fingerprint density at radius 1 is 1.12 bits per heavy atom. The molecule has 0 saturated carbocycles. The number of hydrogen-bond donors (Lipinski definition) is 0. The van der Waals surface area contributed by atoms with Crippen LogP contribution in [0.5, 0.6) is 0 Å². The van der Waals surface area contributed by atoms with Crippen molar-refractivity contribution >= 4 is 22.5 Å². The number of ketones is 2. The maximum atomic E-state index is 12.7. The van der Waals surface area contributed by atoms with Crippen molar-refractivity contribution < 1.29 is 14.0 Å². The van der Waals surface area contributed by atoms with E-state index in [0.29, 0.717) is 34.0 Å². The zero-order valence-electron chi connectivity index (χ0n) is 14.9. The first-order valence-corrected chi connectivity index (χ1v) is 8.51. The first-order valence-electron chi connectivity index (χ1n) is 8.51. The quantitative estimate of drug-likeness (QED) is 0.642. The molecule has 1 heterocycles. The smallest absolute Gasteiger partial charge is 0.347 e. The van der Waals surface area contributed by atoms with Gasteiger partial charge in [0.05, 0.1) is 10.9 Å². The molecule has 3 aromatic rings. The van der Waals surface area contributed by atoms with Crippen molar-refractivity contribution in [1.82, 2.24) is 4.98 Å². The van der Waals surface area contributed by atoms with Crippen molar-refractivity contribution in [3.63, 3.8) is 0 Å². The van der Waals surface area contributed by atoms with Crippen LogP contribution in [0, 0.1) is 5.92 Å². The van der Waals surface area contributed by atoms with Crippen LogP contribution < -0.4 is 5.63 Å². The zero-order valence-corrected chi connectivity index (χ0v) is 14.9. The fourth-order valence-electron chi connectivity index (χ4n) is 2.78. The third kappa shape index (κ3) is 3.20. The standard InChI is InChI=1S/C21H19NO4/c1-4-12(2)19(24)17-11-14(9-10-15(17)13(3)23)20-22-18-8-6-5-7-16(18)21(25)26-20/h5-12H,4H2,1-3H3. The molecule has 0 aliphatic carbocycles. The summed E-state index contributed by atoms with van der Waals surface area (Å²) < 4.78 is 5.34. The van der Waals surface area contributed by atoms with E-state index < -0.39 is 5.63 Å². The van der Waals surface area contributed by atoms with E-state index >= 15 is 0 Å². The molecule has 2 aromatic carbocycles. The highest BCUT2D eigenvalue weighted by molar-refractivity contribution is 6.09. The summed E-state index contributed by atoms with van der Waals surface area (Å²) in [6.45, 7) is 5.17. The molecule has 3 rings (SSSR count). The van der Waals surface area contributed by atoms with Gasteiger partial charge in [0.15, 0.2) is 11.6 Å². The van der Waals surface area contributed by atoms with Gasteiger partial charge in [-0.15, -0.1) is 0 Å². The topological polar surface area (TPSA) is 77.2 Å². The summed E-state index contributed by atoms with van der Waals surface area (Å²) in [5.74, 6) is -0.374. The van der Waals surface area contributed by atoms with Crippen LogP contribution >= 0.6 is 0 Å². The minimum absolute atomic E-state index is 0.109. The Labute approximate surface area is 150 Å². The van der Waals surface area contributed by atoms with Crippen molar-refractivity contribution in [3.8, 4) is 11.5 Å². The highest BCUT2D eigenvalue weighted by Crippen LogP contribution is 2.25. The minimum Gasteiger partial charge on any atom is -0.403 e. The fourth-order valence-corrected chi connectivity index (χ4v) is 2.78. The molecule has 1 atom stereocenters. The number of carbonyl (C=O) groups excluding carboxylic acids is 2. The van der Waals surface area contributed by atoms with E-state index in [1.165, 1.54) is 6.92 Å². The Hall–Kier alpha value is -3.08. The highest BCUT2D eigenvalue weighted by Gasteiger charge is 2.21. The Bertz CT molecular complexity index is 1070. The lowest BCUT2D eigenvalue weighted by atomic mass is 9.91. The van der Waals surface area contributed by atoms with Crippen LogP contribution in [0.2, 0.25) is 0 Å². The first kappa shape index (κ1) is 17.7. The number of carbonyl (C=O) groups is 2. The number of aromatic nitrogens is 1. The second kappa shape index (κ2) is 7.04. The Kier molecular flexibility index (Phi) is 4.80. The average molecular weight is 349 g/mol. The predicted octanol–water partition coefficient (Wildman–Crippen LogP) is 4.29. The average Bonchev–Trinajstić information content (AvgIpc) is 2.66. The van der Waals surface area contributed by atoms with Crippen LogP contribution in [0.1, 0.15) is 47.9 Å². The van der Waals surface area contributed by atoms with E-state index in [-0.39, 0.29) is 23.4 Å². The SMILES string of the molecule is CCC(C)C(=O)c1cc(-c2nc3ccccc3c(=O)o2)ccc1C(C)=O. The summed E-state index contributed by atoms with van der Waals surface area (Å²) in [5, 5.41) is 0.396. The normalized spacial score (nSPS) is 12.1. The molecular weight excluding hydrogens is 330 g/mol. The largest absolute Gasteiger partial charge is 0.403 e. The molecule has 1 aromatic heterocycles. The Morgan fingerprint density at radius 2 is 1.85 bits per heavy atom. The molecule has 0 spiro atoms. The molecule has 0 radical (unpaired) electrons. The van der Waals surface area contributed by atoms with Crippen LogP contribution in [-0.2, 0) is 0 Å². The molecule has 0 fully saturated rings. The van der Waals surface area contributed by atoms with E-state index in [0.717, 1.165) is 0 Å². The van der Waals surface area contributed by atoms with Crippen molar-refractivity contribution in [2.24, 2.45) is 5.92 Å².